The molecule has 2 N–H and O–H groups in total. The summed E-state index contributed by atoms with van der Waals surface area (Å²) in [7, 11) is 0. The highest BCUT2D eigenvalue weighted by atomic mass is 32.2. The lowest BCUT2D eigenvalue weighted by atomic mass is 10.1. The van der Waals surface area contributed by atoms with E-state index in [0.717, 1.165) is 28.6 Å². The fourth-order valence-corrected chi connectivity index (χ4v) is 4.33. The summed E-state index contributed by atoms with van der Waals surface area (Å²) in [5, 5.41) is 16.8. The van der Waals surface area contributed by atoms with E-state index in [0.29, 0.717) is 23.2 Å². The molecule has 0 bridgehead atoms. The van der Waals surface area contributed by atoms with E-state index in [1.54, 1.807) is 6.07 Å². The molecule has 0 unspecified atom stereocenters. The van der Waals surface area contributed by atoms with Gasteiger partial charge >= 0.3 is 6.18 Å². The summed E-state index contributed by atoms with van der Waals surface area (Å²) in [5.74, 6) is 0.537. The van der Waals surface area contributed by atoms with Crippen molar-refractivity contribution in [3.63, 3.8) is 0 Å². The van der Waals surface area contributed by atoms with Crippen molar-refractivity contribution in [2.75, 3.05) is 16.4 Å². The number of aromatic nitrogens is 3. The van der Waals surface area contributed by atoms with Crippen LogP contribution in [-0.4, -0.2) is 26.4 Å². The van der Waals surface area contributed by atoms with Gasteiger partial charge in [-0.15, -0.1) is 10.2 Å². The Kier molecular flexibility index (Phi) is 7.06. The minimum Gasteiger partial charge on any atom is -0.378 e. The van der Waals surface area contributed by atoms with Gasteiger partial charge in [-0.3, -0.25) is 4.79 Å². The van der Waals surface area contributed by atoms with Crippen LogP contribution in [0.4, 0.5) is 24.5 Å². The lowest BCUT2D eigenvalue weighted by Crippen LogP contribution is -2.15. The molecule has 6 nitrogen and oxygen atoms in total. The summed E-state index contributed by atoms with van der Waals surface area (Å²) in [5.41, 5.74) is 0.360. The predicted octanol–water partition coefficient (Wildman–Crippen LogP) is 5.81. The number of alkyl halides is 3. The van der Waals surface area contributed by atoms with E-state index in [9.17, 15) is 18.0 Å². The first-order valence-electron chi connectivity index (χ1n) is 10.6. The van der Waals surface area contributed by atoms with Crippen molar-refractivity contribution in [2.45, 2.75) is 31.3 Å². The molecule has 1 heterocycles. The van der Waals surface area contributed by atoms with Gasteiger partial charge in [-0.2, -0.15) is 13.2 Å². The highest BCUT2D eigenvalue weighted by molar-refractivity contribution is 7.99. The van der Waals surface area contributed by atoms with Crippen LogP contribution >= 0.6 is 11.8 Å². The quantitative estimate of drug-likeness (QED) is 0.308. The summed E-state index contributed by atoms with van der Waals surface area (Å²) in [6, 6.07) is 18.5. The van der Waals surface area contributed by atoms with Crippen molar-refractivity contribution in [3.05, 3.63) is 78.1 Å². The smallest absolute Gasteiger partial charge is 0.378 e. The van der Waals surface area contributed by atoms with E-state index in [-0.39, 0.29) is 18.2 Å². The molecule has 34 heavy (non-hydrogen) atoms. The molecule has 0 saturated carbocycles. The Morgan fingerprint density at radius 1 is 1.03 bits per heavy atom. The number of hydrogen-bond acceptors (Lipinski definition) is 5. The van der Waals surface area contributed by atoms with Gasteiger partial charge in [-0.1, -0.05) is 54.2 Å². The van der Waals surface area contributed by atoms with E-state index < -0.39 is 11.7 Å². The van der Waals surface area contributed by atoms with Crippen molar-refractivity contribution in [2.24, 2.45) is 0 Å². The number of thioether (sulfide) groups is 1. The van der Waals surface area contributed by atoms with E-state index in [1.807, 2.05) is 54.0 Å². The van der Waals surface area contributed by atoms with Gasteiger partial charge in [0.05, 0.1) is 17.9 Å². The Bertz CT molecular complexity index is 1300. The monoisotopic (exact) mass is 485 g/mol. The summed E-state index contributed by atoms with van der Waals surface area (Å²) in [4.78, 5) is 12.6. The summed E-state index contributed by atoms with van der Waals surface area (Å²) < 4.78 is 40.6. The molecule has 0 radical (unpaired) electrons. The molecule has 0 saturated heterocycles. The number of nitrogens with one attached hydrogen (secondary N) is 2. The normalized spacial score (nSPS) is 11.5. The fraction of sp³-hybridized carbons (Fsp3) is 0.208. The maximum Gasteiger partial charge on any atom is 0.416 e. The zero-order valence-corrected chi connectivity index (χ0v) is 19.1. The Balaban J connectivity index is 1.38. The summed E-state index contributed by atoms with van der Waals surface area (Å²) in [6.07, 6.45) is -4.41. The van der Waals surface area contributed by atoms with Gasteiger partial charge in [0.25, 0.3) is 0 Å². The van der Waals surface area contributed by atoms with Crippen LogP contribution in [0, 0.1) is 0 Å². The molecule has 1 amide bonds. The van der Waals surface area contributed by atoms with Crippen molar-refractivity contribution in [3.8, 4) is 0 Å². The Morgan fingerprint density at radius 2 is 1.79 bits per heavy atom. The number of amides is 1. The molecular formula is C24H22F3N5OS. The van der Waals surface area contributed by atoms with Crippen LogP contribution in [0.25, 0.3) is 10.8 Å². The molecular weight excluding hydrogens is 463 g/mol. The number of hydrogen-bond donors (Lipinski definition) is 2. The van der Waals surface area contributed by atoms with E-state index >= 15 is 0 Å². The highest BCUT2D eigenvalue weighted by Gasteiger charge is 2.30. The van der Waals surface area contributed by atoms with Crippen molar-refractivity contribution in [1.29, 1.82) is 0 Å². The summed E-state index contributed by atoms with van der Waals surface area (Å²) >= 11 is 1.25. The molecule has 0 atom stereocenters. The number of carbonyl (C=O) groups is 1. The third kappa shape index (κ3) is 5.51. The summed E-state index contributed by atoms with van der Waals surface area (Å²) in [6.45, 7) is 2.67. The van der Waals surface area contributed by atoms with Crippen LogP contribution in [-0.2, 0) is 24.1 Å². The largest absolute Gasteiger partial charge is 0.416 e. The number of halogens is 3. The van der Waals surface area contributed by atoms with E-state index in [1.165, 1.54) is 17.8 Å². The van der Waals surface area contributed by atoms with Gasteiger partial charge in [0.15, 0.2) is 11.0 Å². The zero-order chi connectivity index (χ0) is 24.1. The minimum atomic E-state index is -4.41. The maximum atomic E-state index is 12.9. The molecule has 0 aliphatic heterocycles. The number of fused-ring (bicyclic) bond motifs is 1. The number of benzene rings is 3. The number of nitrogens with zero attached hydrogens (tertiary/aromatic N) is 3. The zero-order valence-electron chi connectivity index (χ0n) is 18.3. The average molecular weight is 486 g/mol. The first kappa shape index (κ1) is 23.6. The molecule has 0 aliphatic carbocycles. The Morgan fingerprint density at radius 3 is 2.59 bits per heavy atom. The van der Waals surface area contributed by atoms with E-state index in [2.05, 4.69) is 20.8 Å². The topological polar surface area (TPSA) is 71.8 Å². The third-order valence-corrected chi connectivity index (χ3v) is 6.11. The number of anilines is 2. The van der Waals surface area contributed by atoms with Crippen molar-refractivity contribution in [1.82, 2.24) is 14.8 Å². The molecule has 4 rings (SSSR count). The lowest BCUT2D eigenvalue weighted by molar-refractivity contribution is -0.137. The van der Waals surface area contributed by atoms with E-state index in [4.69, 9.17) is 0 Å². The van der Waals surface area contributed by atoms with Gasteiger partial charge in [0, 0.05) is 23.3 Å². The Labute approximate surface area is 198 Å². The number of rotatable bonds is 8. The second-order valence-electron chi connectivity index (χ2n) is 7.44. The van der Waals surface area contributed by atoms with Crippen molar-refractivity contribution >= 4 is 39.8 Å². The van der Waals surface area contributed by atoms with Crippen LogP contribution in [0.2, 0.25) is 0 Å². The van der Waals surface area contributed by atoms with Crippen LogP contribution in [0.1, 0.15) is 18.3 Å². The van der Waals surface area contributed by atoms with Crippen molar-refractivity contribution < 1.29 is 18.0 Å². The molecule has 0 aliphatic rings. The molecule has 0 spiro atoms. The second-order valence-corrected chi connectivity index (χ2v) is 8.38. The standard InChI is InChI=1S/C24H22F3N5OS/c1-2-32-21(14-28-18-10-6-9-17(13-18)24(25,26)27)30-31-23(32)34-15-22(33)29-20-12-5-8-16-7-3-4-11-19(16)20/h3-13,28H,2,14-15H2,1H3,(H,29,33). The minimum absolute atomic E-state index is 0.141. The fourth-order valence-electron chi connectivity index (χ4n) is 3.51. The average Bonchev–Trinajstić information content (AvgIpc) is 3.23. The second kappa shape index (κ2) is 10.2. The Hall–Kier alpha value is -3.53. The molecule has 1 aromatic heterocycles. The maximum absolute atomic E-state index is 12.9. The highest BCUT2D eigenvalue weighted by Crippen LogP contribution is 2.31. The van der Waals surface area contributed by atoms with Crippen LogP contribution in [0.5, 0.6) is 0 Å². The van der Waals surface area contributed by atoms with Gasteiger partial charge < -0.3 is 15.2 Å². The molecule has 3 aromatic carbocycles. The first-order chi connectivity index (χ1) is 16.3. The lowest BCUT2D eigenvalue weighted by Gasteiger charge is -2.11. The predicted molar refractivity (Wildman–Crippen MR) is 128 cm³/mol. The molecule has 0 fully saturated rings. The number of carbonyl (C=O) groups excluding carboxylic acids is 1. The molecule has 4 aromatic rings. The SMILES string of the molecule is CCn1c(CNc2cccc(C(F)(F)F)c2)nnc1SCC(=O)Nc1cccc2ccccc12. The van der Waals surface area contributed by atoms with Crippen LogP contribution < -0.4 is 10.6 Å². The molecule has 10 heteroatoms. The van der Waals surface area contributed by atoms with Crippen LogP contribution in [0.3, 0.4) is 0 Å². The van der Waals surface area contributed by atoms with Gasteiger partial charge in [-0.05, 0) is 36.6 Å². The van der Waals surface area contributed by atoms with Gasteiger partial charge in [0.2, 0.25) is 5.91 Å². The molecule has 176 valence electrons. The third-order valence-electron chi connectivity index (χ3n) is 5.15. The van der Waals surface area contributed by atoms with Gasteiger partial charge in [0.1, 0.15) is 0 Å². The van der Waals surface area contributed by atoms with Gasteiger partial charge in [-0.25, -0.2) is 0 Å². The van der Waals surface area contributed by atoms with Crippen LogP contribution in [0.15, 0.2) is 71.9 Å². The first-order valence-corrected chi connectivity index (χ1v) is 11.6.